The van der Waals surface area contributed by atoms with Crippen LogP contribution in [0, 0.1) is 10.1 Å². The van der Waals surface area contributed by atoms with Gasteiger partial charge in [-0.3, -0.25) is 10.1 Å². The normalized spacial score (nSPS) is 9.56. The van der Waals surface area contributed by atoms with Crippen LogP contribution >= 0.6 is 0 Å². The third kappa shape index (κ3) is 3.23. The van der Waals surface area contributed by atoms with E-state index in [0.717, 1.165) is 6.42 Å². The molecule has 0 aromatic heterocycles. The second kappa shape index (κ2) is 5.69. The standard InChI is InChI=1S/C10H12N2O4/c1-2-7-11-10(13)16-9-6-4-3-5-8(9)12(14)15/h3-6H,2,7H2,1H3,(H,11,13). The van der Waals surface area contributed by atoms with Gasteiger partial charge in [0.1, 0.15) is 0 Å². The van der Waals surface area contributed by atoms with Crippen molar-refractivity contribution < 1.29 is 14.5 Å². The molecule has 0 fully saturated rings. The number of benzene rings is 1. The molecule has 0 bridgehead atoms. The molecule has 86 valence electrons. The van der Waals surface area contributed by atoms with Crippen molar-refractivity contribution in [3.63, 3.8) is 0 Å². The highest BCUT2D eigenvalue weighted by Gasteiger charge is 2.16. The predicted molar refractivity (Wildman–Crippen MR) is 57.4 cm³/mol. The molecule has 0 heterocycles. The summed E-state index contributed by atoms with van der Waals surface area (Å²) in [5.74, 6) is -0.0545. The molecule has 0 atom stereocenters. The Hall–Kier alpha value is -2.11. The molecule has 0 saturated carbocycles. The minimum Gasteiger partial charge on any atom is -0.403 e. The maximum absolute atomic E-state index is 11.2. The van der Waals surface area contributed by atoms with E-state index in [9.17, 15) is 14.9 Å². The molecule has 16 heavy (non-hydrogen) atoms. The number of nitrogens with one attached hydrogen (secondary N) is 1. The molecule has 0 saturated heterocycles. The lowest BCUT2D eigenvalue weighted by atomic mass is 10.3. The zero-order valence-electron chi connectivity index (χ0n) is 8.80. The molecule has 1 aromatic carbocycles. The number of nitro benzene ring substituents is 1. The zero-order valence-corrected chi connectivity index (χ0v) is 8.80. The van der Waals surface area contributed by atoms with Crippen LogP contribution in [0.15, 0.2) is 24.3 Å². The van der Waals surface area contributed by atoms with Gasteiger partial charge in [-0.25, -0.2) is 4.79 Å². The van der Waals surface area contributed by atoms with Crippen LogP contribution in [0.5, 0.6) is 5.75 Å². The number of hydrogen-bond donors (Lipinski definition) is 1. The number of nitrogens with zero attached hydrogens (tertiary/aromatic N) is 1. The van der Waals surface area contributed by atoms with Crippen LogP contribution in [0.25, 0.3) is 0 Å². The summed E-state index contributed by atoms with van der Waals surface area (Å²) < 4.78 is 4.82. The Kier molecular flexibility index (Phi) is 4.26. The van der Waals surface area contributed by atoms with Gasteiger partial charge < -0.3 is 10.1 Å². The molecule has 1 N–H and O–H groups in total. The maximum atomic E-state index is 11.2. The van der Waals surface area contributed by atoms with E-state index in [-0.39, 0.29) is 11.4 Å². The molecular formula is C10H12N2O4. The molecule has 1 rings (SSSR count). The average Bonchev–Trinajstić information content (AvgIpc) is 2.27. The van der Waals surface area contributed by atoms with Crippen LogP contribution in [0.1, 0.15) is 13.3 Å². The van der Waals surface area contributed by atoms with E-state index in [2.05, 4.69) is 5.32 Å². The van der Waals surface area contributed by atoms with E-state index in [4.69, 9.17) is 4.74 Å². The molecule has 0 unspecified atom stereocenters. The smallest absolute Gasteiger partial charge is 0.403 e. The number of nitro groups is 1. The van der Waals surface area contributed by atoms with E-state index in [1.165, 1.54) is 18.2 Å². The summed E-state index contributed by atoms with van der Waals surface area (Å²) in [7, 11) is 0. The van der Waals surface area contributed by atoms with Gasteiger partial charge in [0.2, 0.25) is 5.75 Å². The van der Waals surface area contributed by atoms with E-state index in [1.54, 1.807) is 6.07 Å². The van der Waals surface area contributed by atoms with Gasteiger partial charge in [-0.15, -0.1) is 0 Å². The first-order chi connectivity index (χ1) is 7.65. The SMILES string of the molecule is CCCNC(=O)Oc1ccccc1[N+](=O)[O-]. The van der Waals surface area contributed by atoms with E-state index < -0.39 is 11.0 Å². The largest absolute Gasteiger partial charge is 0.412 e. The minimum absolute atomic E-state index is 0.0545. The van der Waals surface area contributed by atoms with Gasteiger partial charge in [0, 0.05) is 12.6 Å². The summed E-state index contributed by atoms with van der Waals surface area (Å²) in [6.45, 7) is 2.37. The fourth-order valence-electron chi connectivity index (χ4n) is 1.06. The van der Waals surface area contributed by atoms with Gasteiger partial charge in [0.15, 0.2) is 0 Å². The highest BCUT2D eigenvalue weighted by molar-refractivity contribution is 5.71. The van der Waals surface area contributed by atoms with Crippen LogP contribution in [0.2, 0.25) is 0 Å². The Morgan fingerprint density at radius 2 is 2.19 bits per heavy atom. The molecule has 6 nitrogen and oxygen atoms in total. The summed E-state index contributed by atoms with van der Waals surface area (Å²) in [4.78, 5) is 21.2. The van der Waals surface area contributed by atoms with Crippen LogP contribution in [0.3, 0.4) is 0 Å². The van der Waals surface area contributed by atoms with Crippen molar-refractivity contribution in [2.75, 3.05) is 6.54 Å². The highest BCUT2D eigenvalue weighted by atomic mass is 16.6. The van der Waals surface area contributed by atoms with Gasteiger partial charge >= 0.3 is 11.8 Å². The lowest BCUT2D eigenvalue weighted by Gasteiger charge is -2.05. The number of amides is 1. The summed E-state index contributed by atoms with van der Waals surface area (Å²) in [6.07, 6.45) is 0.0857. The summed E-state index contributed by atoms with van der Waals surface area (Å²) in [5, 5.41) is 13.1. The lowest BCUT2D eigenvalue weighted by Crippen LogP contribution is -2.27. The van der Waals surface area contributed by atoms with Crippen LogP contribution < -0.4 is 10.1 Å². The van der Waals surface area contributed by atoms with Crippen molar-refractivity contribution in [1.29, 1.82) is 0 Å². The number of carbonyl (C=O) groups excluding carboxylic acids is 1. The Morgan fingerprint density at radius 3 is 2.81 bits per heavy atom. The topological polar surface area (TPSA) is 81.5 Å². The summed E-state index contributed by atoms with van der Waals surface area (Å²) in [5.41, 5.74) is -0.228. The van der Waals surface area contributed by atoms with Crippen LogP contribution in [0.4, 0.5) is 10.5 Å². The third-order valence-corrected chi connectivity index (χ3v) is 1.78. The highest BCUT2D eigenvalue weighted by Crippen LogP contribution is 2.25. The van der Waals surface area contributed by atoms with Crippen molar-refractivity contribution in [1.82, 2.24) is 5.32 Å². The number of ether oxygens (including phenoxy) is 1. The fourth-order valence-corrected chi connectivity index (χ4v) is 1.06. The number of carbonyl (C=O) groups is 1. The Morgan fingerprint density at radius 1 is 1.50 bits per heavy atom. The molecule has 1 aromatic rings. The fraction of sp³-hybridized carbons (Fsp3) is 0.300. The Bertz CT molecular complexity index is 392. The van der Waals surface area contributed by atoms with Crippen LogP contribution in [-0.2, 0) is 0 Å². The molecule has 0 spiro atoms. The molecule has 0 aliphatic heterocycles. The van der Waals surface area contributed by atoms with E-state index in [0.29, 0.717) is 6.54 Å². The first kappa shape index (κ1) is 12.0. The van der Waals surface area contributed by atoms with Crippen molar-refractivity contribution in [3.05, 3.63) is 34.4 Å². The molecule has 0 radical (unpaired) electrons. The van der Waals surface area contributed by atoms with Crippen molar-refractivity contribution in [3.8, 4) is 5.75 Å². The second-order valence-electron chi connectivity index (χ2n) is 3.04. The third-order valence-electron chi connectivity index (χ3n) is 1.78. The first-order valence-electron chi connectivity index (χ1n) is 4.84. The minimum atomic E-state index is -0.684. The van der Waals surface area contributed by atoms with Gasteiger partial charge in [-0.1, -0.05) is 19.1 Å². The lowest BCUT2D eigenvalue weighted by molar-refractivity contribution is -0.385. The maximum Gasteiger partial charge on any atom is 0.412 e. The van der Waals surface area contributed by atoms with Gasteiger partial charge in [-0.05, 0) is 12.5 Å². The number of rotatable bonds is 4. The van der Waals surface area contributed by atoms with Crippen molar-refractivity contribution >= 4 is 11.8 Å². The quantitative estimate of drug-likeness (QED) is 0.627. The first-order valence-corrected chi connectivity index (χ1v) is 4.84. The molecule has 0 aliphatic rings. The number of hydrogen-bond acceptors (Lipinski definition) is 4. The van der Waals surface area contributed by atoms with E-state index >= 15 is 0 Å². The number of para-hydroxylation sites is 2. The summed E-state index contributed by atoms with van der Waals surface area (Å²) in [6, 6.07) is 5.73. The average molecular weight is 224 g/mol. The molecule has 0 aliphatic carbocycles. The predicted octanol–water partition coefficient (Wildman–Crippen LogP) is 2.09. The monoisotopic (exact) mass is 224 g/mol. The molecule has 6 heteroatoms. The molecular weight excluding hydrogens is 212 g/mol. The van der Waals surface area contributed by atoms with Gasteiger partial charge in [-0.2, -0.15) is 0 Å². The van der Waals surface area contributed by atoms with Crippen LogP contribution in [-0.4, -0.2) is 17.6 Å². The van der Waals surface area contributed by atoms with Gasteiger partial charge in [0.05, 0.1) is 4.92 Å². The van der Waals surface area contributed by atoms with E-state index in [1.807, 2.05) is 6.92 Å². The summed E-state index contributed by atoms with van der Waals surface area (Å²) >= 11 is 0. The Labute approximate surface area is 92.4 Å². The van der Waals surface area contributed by atoms with Crippen molar-refractivity contribution in [2.24, 2.45) is 0 Å². The van der Waals surface area contributed by atoms with Gasteiger partial charge in [0.25, 0.3) is 0 Å². The second-order valence-corrected chi connectivity index (χ2v) is 3.04. The van der Waals surface area contributed by atoms with Crippen molar-refractivity contribution in [2.45, 2.75) is 13.3 Å². The molecule has 1 amide bonds. The zero-order chi connectivity index (χ0) is 12.0. The Balaban J connectivity index is 2.73.